The Balaban J connectivity index is 0.00000146. The molecule has 0 unspecified atom stereocenters. The molecule has 0 radical (unpaired) electrons. The van der Waals surface area contributed by atoms with Gasteiger partial charge in [0, 0.05) is 54.5 Å². The van der Waals surface area contributed by atoms with Crippen LogP contribution < -0.4 is 43.8 Å². The Morgan fingerprint density at radius 2 is 1.64 bits per heavy atom. The van der Waals surface area contributed by atoms with Gasteiger partial charge in [-0.3, -0.25) is 38.6 Å². The number of guanidine groups is 1. The van der Waals surface area contributed by atoms with Crippen LogP contribution in [0.25, 0.3) is 0 Å². The largest absolute Gasteiger partial charge is 0.490 e. The third kappa shape index (κ3) is 16.5. The Morgan fingerprint density at radius 1 is 0.935 bits per heavy atom. The highest BCUT2D eigenvalue weighted by atomic mass is 32.2. The van der Waals surface area contributed by atoms with Crippen LogP contribution in [0.5, 0.6) is 0 Å². The van der Waals surface area contributed by atoms with Crippen molar-refractivity contribution < 1.29 is 76.4 Å². The maximum absolute atomic E-state index is 13.8. The molecule has 6 amide bonds. The Bertz CT molecular complexity index is 2260. The number of thioether (sulfide) groups is 2. The van der Waals surface area contributed by atoms with Crippen molar-refractivity contribution in [2.45, 2.75) is 170 Å². The Hall–Kier alpha value is -5.15. The predicted molar refractivity (Wildman–Crippen MR) is 278 cm³/mol. The lowest BCUT2D eigenvalue weighted by atomic mass is 9.45. The lowest BCUT2D eigenvalue weighted by Crippen LogP contribution is -2.62. The molecule has 0 aromatic heterocycles. The summed E-state index contributed by atoms with van der Waals surface area (Å²) in [6, 6.07) is -2.06. The summed E-state index contributed by atoms with van der Waals surface area (Å²) in [6.45, 7) is 3.98. The number of carbonyl (C=O) groups excluding carboxylic acids is 8. The van der Waals surface area contributed by atoms with Gasteiger partial charge in [0.2, 0.25) is 29.4 Å². The number of carboxylic acid groups (broad SMARTS) is 1. The molecule has 0 spiro atoms. The minimum absolute atomic E-state index is 0.0291. The van der Waals surface area contributed by atoms with Gasteiger partial charge in [-0.1, -0.05) is 32.3 Å². The van der Waals surface area contributed by atoms with Gasteiger partial charge in [0.15, 0.2) is 18.3 Å². The number of aliphatic imine (C=N–C) groups is 1. The molecule has 3 saturated carbocycles. The summed E-state index contributed by atoms with van der Waals surface area (Å²) in [7, 11) is 0. The van der Waals surface area contributed by atoms with E-state index < -0.39 is 71.5 Å². The van der Waals surface area contributed by atoms with E-state index in [-0.39, 0.29) is 109 Å². The first-order valence-corrected chi connectivity index (χ1v) is 28.5. The van der Waals surface area contributed by atoms with E-state index in [1.165, 1.54) is 0 Å². The van der Waals surface area contributed by atoms with Crippen molar-refractivity contribution in [1.82, 2.24) is 26.6 Å². The molecular weight excluding hydrogens is 1060 g/mol. The van der Waals surface area contributed by atoms with Crippen molar-refractivity contribution in [1.29, 1.82) is 0 Å². The minimum atomic E-state index is -5.08. The van der Waals surface area contributed by atoms with Gasteiger partial charge >= 0.3 is 24.1 Å². The Labute approximate surface area is 453 Å². The predicted octanol–water partition coefficient (Wildman–Crippen LogP) is 1.61. The molecule has 0 bridgehead atoms. The number of hydrogen-bond donors (Lipinski definition) is 11. The quantitative estimate of drug-likeness (QED) is 0.0193. The molecule has 5 fully saturated rings. The number of amides is 6. The maximum Gasteiger partial charge on any atom is 0.490 e. The molecule has 2 saturated heterocycles. The molecular formula is C50H76F3N9O13S2. The number of primary amides is 1. The third-order valence-electron chi connectivity index (χ3n) is 16.4. The fourth-order valence-corrected chi connectivity index (χ4v) is 14.8. The van der Waals surface area contributed by atoms with E-state index in [9.17, 15) is 61.7 Å². The number of rotatable bonds is 26. The topological polar surface area (TPSA) is 374 Å². The number of carboxylic acids is 1. The first kappa shape index (κ1) is 62.7. The van der Waals surface area contributed by atoms with Crippen molar-refractivity contribution in [2.75, 3.05) is 37.0 Å². The number of ether oxygens (including phenoxy) is 1. The second kappa shape index (κ2) is 27.6. The molecule has 0 aromatic carbocycles. The van der Waals surface area contributed by atoms with Crippen LogP contribution in [-0.2, 0) is 43.1 Å². The zero-order valence-corrected chi connectivity index (χ0v) is 45.2. The van der Waals surface area contributed by atoms with E-state index in [0.29, 0.717) is 63.2 Å². The summed E-state index contributed by atoms with van der Waals surface area (Å²) >= 11 is 2.80. The van der Waals surface area contributed by atoms with Crippen LogP contribution in [0.3, 0.4) is 0 Å². The molecule has 2 heterocycles. The molecule has 2 aliphatic heterocycles. The Morgan fingerprint density at radius 3 is 2.32 bits per heavy atom. The average Bonchev–Trinajstić information content (AvgIpc) is 4.00. The van der Waals surface area contributed by atoms with Gasteiger partial charge in [-0.25, -0.2) is 9.59 Å². The summed E-state index contributed by atoms with van der Waals surface area (Å²) in [5.41, 5.74) is 14.5. The van der Waals surface area contributed by atoms with Crippen molar-refractivity contribution >= 4 is 82.6 Å². The van der Waals surface area contributed by atoms with Crippen LogP contribution in [0, 0.1) is 28.6 Å². The number of nitrogens with two attached hydrogens (primary N) is 3. The van der Waals surface area contributed by atoms with E-state index in [2.05, 4.69) is 38.5 Å². The second-order valence-corrected chi connectivity index (χ2v) is 23.7. The minimum Gasteiger partial charge on any atom is -0.475 e. The van der Waals surface area contributed by atoms with E-state index in [1.807, 2.05) is 18.7 Å². The number of alkyl halides is 3. The first-order chi connectivity index (χ1) is 36.2. The number of fused-ring (bicyclic) bond motifs is 6. The van der Waals surface area contributed by atoms with E-state index in [4.69, 9.17) is 31.8 Å². The summed E-state index contributed by atoms with van der Waals surface area (Å²) in [4.78, 5) is 115. The zero-order chi connectivity index (χ0) is 56.9. The van der Waals surface area contributed by atoms with Crippen LogP contribution in [0.4, 0.5) is 18.0 Å². The molecule has 77 heavy (non-hydrogen) atoms. The lowest BCUT2D eigenvalue weighted by molar-refractivity contribution is -0.192. The molecule has 6 aliphatic rings. The fraction of sp³-hybridized carbons (Fsp3) is 0.760. The number of halogens is 3. The summed E-state index contributed by atoms with van der Waals surface area (Å²) in [6.07, 6.45) is 4.86. The van der Waals surface area contributed by atoms with Gasteiger partial charge in [-0.15, -0.1) is 11.8 Å². The number of esters is 1. The number of ketones is 2. The van der Waals surface area contributed by atoms with Crippen LogP contribution in [-0.4, -0.2) is 159 Å². The molecule has 22 nitrogen and oxygen atoms in total. The molecule has 432 valence electrons. The summed E-state index contributed by atoms with van der Waals surface area (Å²) in [5, 5.41) is 45.4. The van der Waals surface area contributed by atoms with Gasteiger partial charge in [0.25, 0.3) is 0 Å². The van der Waals surface area contributed by atoms with Crippen LogP contribution >= 0.6 is 23.5 Å². The molecule has 0 aromatic rings. The number of allylic oxidation sites excluding steroid dienone is 1. The smallest absolute Gasteiger partial charge is 0.475 e. The van der Waals surface area contributed by atoms with Crippen LogP contribution in [0.1, 0.15) is 123 Å². The third-order valence-corrected chi connectivity index (χ3v) is 18.9. The van der Waals surface area contributed by atoms with Crippen molar-refractivity contribution in [2.24, 2.45) is 50.8 Å². The van der Waals surface area contributed by atoms with E-state index in [0.717, 1.165) is 55.2 Å². The number of aliphatic hydroxyl groups is 2. The molecule has 12 atom stereocenters. The number of Topliss-reactive ketones (excluding diaryl/α,β-unsaturated/α-hetero) is 1. The zero-order valence-electron chi connectivity index (χ0n) is 43.6. The SMILES string of the molecule is C[C@]12CCC(=O)C=C1CC[C@@H]1[C@@H]2[C@@H](O)C[C@@]2(C)[C@H]1CC[C@]2(O)C(=O)COC(=O)CSC[C@H](NC(=O)[C@@H](CCCN=C(N)N)NC(=O)CCCCCNC(=O)CCCC[C@@H]1SC[C@@H]2NC(=O)N[C@@H]21)C(N)=O.O=C(O)C(F)(F)F. The average molecular weight is 1130 g/mol. The highest BCUT2D eigenvalue weighted by Crippen LogP contribution is 2.67. The first-order valence-electron chi connectivity index (χ1n) is 26.3. The molecule has 27 heteroatoms. The van der Waals surface area contributed by atoms with Gasteiger partial charge < -0.3 is 63.8 Å². The van der Waals surface area contributed by atoms with Crippen molar-refractivity contribution in [3.8, 4) is 0 Å². The van der Waals surface area contributed by atoms with E-state index in [1.54, 1.807) is 6.08 Å². The van der Waals surface area contributed by atoms with Crippen LogP contribution in [0.15, 0.2) is 16.6 Å². The molecule has 6 rings (SSSR count). The standard InChI is InChI=1S/C48H75N9O11S2.C2HF3O2/c1-46-17-15-28(58)21-27(46)13-14-29-30-16-18-48(67,47(30,2)22-34(59)40(29)46)36(60)23-68-39(63)26-69-24-33(42(49)64)55-43(65)31(9-8-20-53-44(50)51)54-38(62)12-4-3-7-19-52-37(61)11-6-5-10-35-41-32(25-70-35)56-45(66)57-41;3-2(4,5)1(6)7/h21,29-35,40-41,59,67H,3-20,22-26H2,1-2H3,(H2,49,64)(H,52,61)(H,54,62)(H,55,65)(H4,50,51,53)(H2,56,57,66);(H,6,7)/t29-,30-,31+,32-,33-,34-,35-,40+,41-,46-,47-,48-;/m0./s1. The highest BCUT2D eigenvalue weighted by Gasteiger charge is 2.68. The summed E-state index contributed by atoms with van der Waals surface area (Å²) in [5.74, 6) is -5.73. The van der Waals surface area contributed by atoms with Crippen LogP contribution in [0.2, 0.25) is 0 Å². The number of aliphatic carboxylic acids is 1. The van der Waals surface area contributed by atoms with Gasteiger partial charge in [-0.05, 0) is 106 Å². The normalized spacial score (nSPS) is 29.6. The number of carbonyl (C=O) groups is 9. The van der Waals surface area contributed by atoms with E-state index >= 15 is 0 Å². The number of nitrogens with zero attached hydrogens (tertiary/aromatic N) is 1. The Kier molecular flexibility index (Phi) is 22.5. The van der Waals surface area contributed by atoms with Gasteiger partial charge in [-0.2, -0.15) is 24.9 Å². The lowest BCUT2D eigenvalue weighted by Gasteiger charge is -2.60. The molecule has 4 aliphatic carbocycles. The molecule has 14 N–H and O–H groups in total. The number of unbranched alkanes of at least 4 members (excludes halogenated alkanes) is 3. The second-order valence-electron chi connectivity index (χ2n) is 21.4. The number of aliphatic hydroxyl groups excluding tert-OH is 1. The maximum atomic E-state index is 13.8. The number of hydrogen-bond acceptors (Lipinski definition) is 15. The monoisotopic (exact) mass is 1130 g/mol. The summed E-state index contributed by atoms with van der Waals surface area (Å²) < 4.78 is 37.1. The number of nitrogens with one attached hydrogen (secondary N) is 5. The highest BCUT2D eigenvalue weighted by molar-refractivity contribution is 8.00. The van der Waals surface area contributed by atoms with Gasteiger partial charge in [0.1, 0.15) is 17.7 Å². The van der Waals surface area contributed by atoms with Crippen molar-refractivity contribution in [3.63, 3.8) is 0 Å². The fourth-order valence-electron chi connectivity index (χ4n) is 12.4. The van der Waals surface area contributed by atoms with Gasteiger partial charge in [0.05, 0.1) is 23.9 Å². The number of urea groups is 1. The van der Waals surface area contributed by atoms with Crippen molar-refractivity contribution in [3.05, 3.63) is 11.6 Å².